The van der Waals surface area contributed by atoms with Crippen molar-refractivity contribution in [2.45, 2.75) is 69.9 Å². The van der Waals surface area contributed by atoms with Crippen molar-refractivity contribution in [3.05, 3.63) is 84.2 Å². The van der Waals surface area contributed by atoms with Gasteiger partial charge in [0.15, 0.2) is 5.82 Å². The highest BCUT2D eigenvalue weighted by molar-refractivity contribution is 5.97. The van der Waals surface area contributed by atoms with Gasteiger partial charge in [0.2, 0.25) is 17.6 Å². The first-order chi connectivity index (χ1) is 24.7. The molecule has 11 nitrogen and oxygen atoms in total. The number of carboxylic acids is 1. The summed E-state index contributed by atoms with van der Waals surface area (Å²) in [7, 11) is 0. The number of halogens is 4. The summed E-state index contributed by atoms with van der Waals surface area (Å²) in [6.07, 6.45) is 3.15. The fraction of sp³-hybridized carbons (Fsp3) is 0.378. The maximum absolute atomic E-state index is 14.2. The first-order valence-electron chi connectivity index (χ1n) is 16.9. The van der Waals surface area contributed by atoms with Crippen LogP contribution in [0.5, 0.6) is 5.75 Å². The van der Waals surface area contributed by atoms with E-state index < -0.39 is 35.6 Å². The topological polar surface area (TPSA) is 172 Å². The zero-order valence-electron chi connectivity index (χ0n) is 28.5. The molecule has 3 aromatic carbocycles. The second-order valence-corrected chi connectivity index (χ2v) is 13.1. The molecule has 1 aliphatic rings. The Morgan fingerprint density at radius 1 is 0.942 bits per heavy atom. The lowest BCUT2D eigenvalue weighted by molar-refractivity contribution is -0.231. The highest BCUT2D eigenvalue weighted by atomic mass is 19.3. The highest BCUT2D eigenvalue weighted by Crippen LogP contribution is 2.42. The smallest absolute Gasteiger partial charge is 0.411 e. The van der Waals surface area contributed by atoms with Crippen LogP contribution in [-0.4, -0.2) is 62.7 Å². The van der Waals surface area contributed by atoms with Crippen molar-refractivity contribution in [2.24, 2.45) is 17.6 Å². The number of alkyl halides is 4. The Labute approximate surface area is 297 Å². The second-order valence-electron chi connectivity index (χ2n) is 13.1. The third-order valence-corrected chi connectivity index (χ3v) is 8.99. The fourth-order valence-corrected chi connectivity index (χ4v) is 6.02. The van der Waals surface area contributed by atoms with Crippen molar-refractivity contribution in [1.82, 2.24) is 20.5 Å². The molecule has 1 aromatic heterocycles. The molecular formula is C37H40F4N6O5. The van der Waals surface area contributed by atoms with Gasteiger partial charge in [-0.25, -0.2) is 9.78 Å². The summed E-state index contributed by atoms with van der Waals surface area (Å²) in [4.78, 5) is 41.2. The van der Waals surface area contributed by atoms with Gasteiger partial charge in [0.1, 0.15) is 11.8 Å². The summed E-state index contributed by atoms with van der Waals surface area (Å²) in [6.45, 7) is 4.46. The maximum atomic E-state index is 14.2. The third kappa shape index (κ3) is 8.58. The summed E-state index contributed by atoms with van der Waals surface area (Å²) in [5, 5.41) is 19.5. The lowest BCUT2D eigenvalue weighted by atomic mass is 9.81. The van der Waals surface area contributed by atoms with E-state index in [4.69, 9.17) is 15.6 Å². The first kappa shape index (κ1) is 37.9. The number of carboxylic acid groups (broad SMARTS) is 1. The standard InChI is InChI=1S/C37H40F4N6O5/c1-21(2)52-30-6-4-3-5-28(30)24-11-7-22(8-12-24)19-29(44-32(48)26-13-9-23(20-42)10-14-26)33(49)43-27-17-15-25(16-18-27)31-45-34(47-46-31)36(38,39)37(40,41)35(50)51/h3-8,11-12,15-18,21,23,26,29H,9-10,13-14,19-20,42H2,1-2H3,(H,43,49)(H,44,48)(H,50,51)(H,45,46,47)/t23-,26-,29-/m0/s1. The number of benzene rings is 3. The minimum atomic E-state index is -5.44. The quantitative estimate of drug-likeness (QED) is 0.0962. The van der Waals surface area contributed by atoms with E-state index >= 15 is 0 Å². The van der Waals surface area contributed by atoms with E-state index in [1.54, 1.807) is 0 Å². The van der Waals surface area contributed by atoms with Gasteiger partial charge in [-0.3, -0.25) is 14.7 Å². The van der Waals surface area contributed by atoms with Gasteiger partial charge in [-0.05, 0) is 93.5 Å². The Hall–Kier alpha value is -5.31. The van der Waals surface area contributed by atoms with Crippen LogP contribution in [-0.2, 0) is 26.7 Å². The minimum absolute atomic E-state index is 0.0146. The number of para-hydroxylation sites is 1. The summed E-state index contributed by atoms with van der Waals surface area (Å²) in [6, 6.07) is 19.9. The Balaban J connectivity index is 1.32. The van der Waals surface area contributed by atoms with Crippen molar-refractivity contribution < 1.29 is 41.8 Å². The Morgan fingerprint density at radius 3 is 2.19 bits per heavy atom. The van der Waals surface area contributed by atoms with Crippen LogP contribution in [0.2, 0.25) is 0 Å². The van der Waals surface area contributed by atoms with Crippen molar-refractivity contribution >= 4 is 23.5 Å². The van der Waals surface area contributed by atoms with Gasteiger partial charge >= 0.3 is 17.8 Å². The number of aliphatic carboxylic acids is 1. The van der Waals surface area contributed by atoms with Crippen LogP contribution in [0.3, 0.4) is 0 Å². The number of hydrogen-bond donors (Lipinski definition) is 5. The second kappa shape index (κ2) is 15.9. The molecule has 2 amide bonds. The van der Waals surface area contributed by atoms with Crippen molar-refractivity contribution in [3.63, 3.8) is 0 Å². The molecule has 1 saturated carbocycles. The maximum Gasteiger partial charge on any atom is 0.411 e. The van der Waals surface area contributed by atoms with E-state index in [9.17, 15) is 31.9 Å². The first-order valence-corrected chi connectivity index (χ1v) is 16.9. The van der Waals surface area contributed by atoms with Gasteiger partial charge in [-0.15, -0.1) is 0 Å². The summed E-state index contributed by atoms with van der Waals surface area (Å²) in [5.41, 5.74) is 8.87. The number of carbonyl (C=O) groups excluding carboxylic acids is 2. The van der Waals surface area contributed by atoms with Crippen LogP contribution in [0.4, 0.5) is 23.2 Å². The van der Waals surface area contributed by atoms with Crippen molar-refractivity contribution in [1.29, 1.82) is 0 Å². The Morgan fingerprint density at radius 2 is 1.58 bits per heavy atom. The van der Waals surface area contributed by atoms with Crippen molar-refractivity contribution in [3.8, 4) is 28.3 Å². The molecule has 0 spiro atoms. The molecule has 5 rings (SSSR count). The molecule has 0 radical (unpaired) electrons. The van der Waals surface area contributed by atoms with Crippen LogP contribution in [0, 0.1) is 11.8 Å². The molecule has 0 unspecified atom stereocenters. The Kier molecular flexibility index (Phi) is 11.6. The molecule has 1 heterocycles. The summed E-state index contributed by atoms with van der Waals surface area (Å²) in [5.74, 6) is -15.5. The molecule has 1 atom stereocenters. The molecule has 52 heavy (non-hydrogen) atoms. The van der Waals surface area contributed by atoms with Gasteiger partial charge in [0.25, 0.3) is 0 Å². The number of aromatic amines is 1. The predicted octanol–water partition coefficient (Wildman–Crippen LogP) is 6.17. The molecule has 0 bridgehead atoms. The van der Waals surface area contributed by atoms with Gasteiger partial charge in [-0.1, -0.05) is 42.5 Å². The van der Waals surface area contributed by atoms with Gasteiger partial charge in [0.05, 0.1) is 6.10 Å². The number of hydrogen-bond acceptors (Lipinski definition) is 7. The van der Waals surface area contributed by atoms with Crippen LogP contribution >= 0.6 is 0 Å². The largest absolute Gasteiger partial charge is 0.490 e. The molecule has 1 aliphatic carbocycles. The molecule has 1 fully saturated rings. The van der Waals surface area contributed by atoms with Crippen LogP contribution < -0.4 is 21.1 Å². The molecule has 4 aromatic rings. The average molecular weight is 725 g/mol. The zero-order valence-corrected chi connectivity index (χ0v) is 28.5. The number of nitrogens with zero attached hydrogens (tertiary/aromatic N) is 2. The molecule has 6 N–H and O–H groups in total. The number of nitrogens with one attached hydrogen (secondary N) is 3. The zero-order chi connectivity index (χ0) is 37.6. The molecular weight excluding hydrogens is 684 g/mol. The van der Waals surface area contributed by atoms with Gasteiger partial charge in [0, 0.05) is 29.2 Å². The van der Waals surface area contributed by atoms with Crippen LogP contribution in [0.15, 0.2) is 72.8 Å². The number of ether oxygens (including phenoxy) is 1. The van der Waals surface area contributed by atoms with E-state index in [1.165, 1.54) is 24.3 Å². The lowest BCUT2D eigenvalue weighted by Crippen LogP contribution is -2.48. The fourth-order valence-electron chi connectivity index (χ4n) is 6.02. The monoisotopic (exact) mass is 724 g/mol. The molecule has 15 heteroatoms. The van der Waals surface area contributed by atoms with Crippen LogP contribution in [0.1, 0.15) is 50.9 Å². The average Bonchev–Trinajstić information content (AvgIpc) is 3.63. The lowest BCUT2D eigenvalue weighted by Gasteiger charge is -2.28. The molecule has 0 saturated heterocycles. The van der Waals surface area contributed by atoms with E-state index in [2.05, 4.69) is 25.8 Å². The summed E-state index contributed by atoms with van der Waals surface area (Å²) >= 11 is 0. The number of aromatic nitrogens is 3. The number of anilines is 1. The highest BCUT2D eigenvalue weighted by Gasteiger charge is 2.66. The van der Waals surface area contributed by atoms with E-state index in [1.807, 2.05) is 62.4 Å². The molecule has 276 valence electrons. The number of nitrogens with two attached hydrogens (primary N) is 1. The van der Waals surface area contributed by atoms with E-state index in [0.717, 1.165) is 35.3 Å². The number of rotatable bonds is 14. The summed E-state index contributed by atoms with van der Waals surface area (Å²) < 4.78 is 61.6. The Bertz CT molecular complexity index is 1860. The molecule has 0 aliphatic heterocycles. The minimum Gasteiger partial charge on any atom is -0.490 e. The SMILES string of the molecule is CC(C)Oc1ccccc1-c1ccc(C[C@H](NC(=O)[C@H]2CC[C@H](CN)CC2)C(=O)Nc2ccc(-c3nc(C(F)(F)C(F)(F)C(=O)O)n[nH]3)cc2)cc1. The number of amides is 2. The van der Waals surface area contributed by atoms with E-state index in [0.29, 0.717) is 25.3 Å². The normalized spacial score (nSPS) is 17.0. The van der Waals surface area contributed by atoms with Gasteiger partial charge in [-0.2, -0.15) is 22.7 Å². The van der Waals surface area contributed by atoms with Gasteiger partial charge < -0.3 is 26.2 Å². The van der Waals surface area contributed by atoms with Crippen molar-refractivity contribution in [2.75, 3.05) is 11.9 Å². The predicted molar refractivity (Wildman–Crippen MR) is 185 cm³/mol. The number of H-pyrrole nitrogens is 1. The number of carbonyl (C=O) groups is 3. The van der Waals surface area contributed by atoms with Crippen LogP contribution in [0.25, 0.3) is 22.5 Å². The third-order valence-electron chi connectivity index (χ3n) is 8.99. The van der Waals surface area contributed by atoms with E-state index in [-0.39, 0.29) is 41.4 Å².